The molecular weight excluding hydrogens is 285 g/mol. The molecule has 2 aromatic rings. The van der Waals surface area contributed by atoms with Crippen LogP contribution in [0, 0.1) is 5.82 Å². The number of nitrogens with two attached hydrogens (primary N) is 1. The lowest BCUT2D eigenvalue weighted by Gasteiger charge is -2.10. The predicted octanol–water partition coefficient (Wildman–Crippen LogP) is 3.84. The highest BCUT2D eigenvalue weighted by Crippen LogP contribution is 2.27. The third-order valence-corrected chi connectivity index (χ3v) is 2.78. The molecule has 0 bridgehead atoms. The second kappa shape index (κ2) is 5.29. The van der Waals surface area contributed by atoms with Crippen molar-refractivity contribution in [2.24, 2.45) is 5.73 Å². The smallest absolute Gasteiger partial charge is 0.131 e. The van der Waals surface area contributed by atoms with Gasteiger partial charge in [0.15, 0.2) is 0 Å². The van der Waals surface area contributed by atoms with Gasteiger partial charge < -0.3 is 10.5 Å². The van der Waals surface area contributed by atoms with Gasteiger partial charge in [0.2, 0.25) is 0 Å². The van der Waals surface area contributed by atoms with Crippen LogP contribution in [0.3, 0.4) is 0 Å². The summed E-state index contributed by atoms with van der Waals surface area (Å²) in [4.78, 5) is 0. The number of benzene rings is 2. The first-order chi connectivity index (χ1) is 8.19. The van der Waals surface area contributed by atoms with E-state index in [1.54, 1.807) is 12.1 Å². The molecule has 17 heavy (non-hydrogen) atoms. The first-order valence-electron chi connectivity index (χ1n) is 5.11. The van der Waals surface area contributed by atoms with Crippen molar-refractivity contribution in [1.82, 2.24) is 0 Å². The molecule has 0 amide bonds. The summed E-state index contributed by atoms with van der Waals surface area (Å²) in [5.41, 5.74) is 6.53. The van der Waals surface area contributed by atoms with Gasteiger partial charge in [0.1, 0.15) is 17.3 Å². The summed E-state index contributed by atoms with van der Waals surface area (Å²) in [6.07, 6.45) is 0. The number of ether oxygens (including phenoxy) is 1. The van der Waals surface area contributed by atoms with Gasteiger partial charge in [-0.25, -0.2) is 4.39 Å². The second-order valence-electron chi connectivity index (χ2n) is 3.51. The highest BCUT2D eigenvalue weighted by Gasteiger charge is 2.04. The third-order valence-electron chi connectivity index (χ3n) is 2.28. The Kier molecular flexibility index (Phi) is 3.76. The lowest BCUT2D eigenvalue weighted by atomic mass is 10.2. The highest BCUT2D eigenvalue weighted by molar-refractivity contribution is 9.10. The van der Waals surface area contributed by atoms with Crippen LogP contribution in [0.15, 0.2) is 46.9 Å². The van der Waals surface area contributed by atoms with E-state index in [9.17, 15) is 4.39 Å². The SMILES string of the molecule is NCc1cc(Br)ccc1Oc1ccc(F)cc1. The van der Waals surface area contributed by atoms with Crippen molar-refractivity contribution < 1.29 is 9.13 Å². The Morgan fingerprint density at radius 1 is 1.12 bits per heavy atom. The first-order valence-corrected chi connectivity index (χ1v) is 5.90. The molecule has 0 atom stereocenters. The van der Waals surface area contributed by atoms with Gasteiger partial charge in [-0.2, -0.15) is 0 Å². The average Bonchev–Trinajstić information content (AvgIpc) is 2.34. The van der Waals surface area contributed by atoms with Crippen LogP contribution in [0.1, 0.15) is 5.56 Å². The minimum absolute atomic E-state index is 0.285. The fraction of sp³-hybridized carbons (Fsp3) is 0.0769. The quantitative estimate of drug-likeness (QED) is 0.934. The first kappa shape index (κ1) is 12.1. The number of hydrogen-bond acceptors (Lipinski definition) is 2. The van der Waals surface area contributed by atoms with E-state index in [-0.39, 0.29) is 5.82 Å². The molecule has 2 nitrogen and oxygen atoms in total. The van der Waals surface area contributed by atoms with E-state index in [0.717, 1.165) is 10.0 Å². The van der Waals surface area contributed by atoms with Crippen LogP contribution >= 0.6 is 15.9 Å². The van der Waals surface area contributed by atoms with Crippen LogP contribution in [0.25, 0.3) is 0 Å². The van der Waals surface area contributed by atoms with Gasteiger partial charge in [0, 0.05) is 16.6 Å². The van der Waals surface area contributed by atoms with Crippen molar-refractivity contribution in [3.05, 3.63) is 58.3 Å². The average molecular weight is 296 g/mol. The molecule has 0 heterocycles. The molecule has 0 unspecified atom stereocenters. The molecule has 2 N–H and O–H groups in total. The Morgan fingerprint density at radius 2 is 1.82 bits per heavy atom. The third kappa shape index (κ3) is 3.05. The molecule has 0 saturated carbocycles. The maximum absolute atomic E-state index is 12.7. The Bertz CT molecular complexity index is 513. The normalized spacial score (nSPS) is 10.3. The zero-order valence-electron chi connectivity index (χ0n) is 8.99. The molecule has 0 aliphatic carbocycles. The molecule has 0 aliphatic heterocycles. The summed E-state index contributed by atoms with van der Waals surface area (Å²) in [7, 11) is 0. The molecule has 2 aromatic carbocycles. The van der Waals surface area contributed by atoms with E-state index in [1.165, 1.54) is 12.1 Å². The molecule has 0 spiro atoms. The van der Waals surface area contributed by atoms with Gasteiger partial charge in [0.05, 0.1) is 0 Å². The topological polar surface area (TPSA) is 35.2 Å². The minimum Gasteiger partial charge on any atom is -0.457 e. The van der Waals surface area contributed by atoms with Gasteiger partial charge in [-0.1, -0.05) is 15.9 Å². The Labute approximate surface area is 107 Å². The van der Waals surface area contributed by atoms with E-state index < -0.39 is 0 Å². The monoisotopic (exact) mass is 295 g/mol. The van der Waals surface area contributed by atoms with Crippen molar-refractivity contribution >= 4 is 15.9 Å². The highest BCUT2D eigenvalue weighted by atomic mass is 79.9. The van der Waals surface area contributed by atoms with Crippen LogP contribution in [0.5, 0.6) is 11.5 Å². The molecule has 0 radical (unpaired) electrons. The molecule has 0 aromatic heterocycles. The zero-order valence-corrected chi connectivity index (χ0v) is 10.6. The van der Waals surface area contributed by atoms with E-state index >= 15 is 0 Å². The summed E-state index contributed by atoms with van der Waals surface area (Å²) >= 11 is 3.37. The maximum Gasteiger partial charge on any atom is 0.131 e. The molecular formula is C13H11BrFNO. The standard InChI is InChI=1S/C13H11BrFNO/c14-10-1-6-13(9(7-10)8-16)17-12-4-2-11(15)3-5-12/h1-7H,8,16H2. The Hall–Kier alpha value is -1.39. The lowest BCUT2D eigenvalue weighted by molar-refractivity contribution is 0.474. The van der Waals surface area contributed by atoms with Gasteiger partial charge in [0.25, 0.3) is 0 Å². The van der Waals surface area contributed by atoms with Gasteiger partial charge in [-0.3, -0.25) is 0 Å². The second-order valence-corrected chi connectivity index (χ2v) is 4.43. The van der Waals surface area contributed by atoms with Crippen LogP contribution in [-0.2, 0) is 6.54 Å². The largest absolute Gasteiger partial charge is 0.457 e. The molecule has 0 fully saturated rings. The zero-order chi connectivity index (χ0) is 12.3. The van der Waals surface area contributed by atoms with Crippen LogP contribution in [-0.4, -0.2) is 0 Å². The molecule has 4 heteroatoms. The summed E-state index contributed by atoms with van der Waals surface area (Å²) in [5, 5.41) is 0. The molecule has 0 saturated heterocycles. The lowest BCUT2D eigenvalue weighted by Crippen LogP contribution is -1.99. The van der Waals surface area contributed by atoms with Crippen molar-refractivity contribution in [2.75, 3.05) is 0 Å². The summed E-state index contributed by atoms with van der Waals surface area (Å²) in [6.45, 7) is 0.385. The molecule has 2 rings (SSSR count). The van der Waals surface area contributed by atoms with Gasteiger partial charge >= 0.3 is 0 Å². The van der Waals surface area contributed by atoms with E-state index in [1.807, 2.05) is 18.2 Å². The van der Waals surface area contributed by atoms with E-state index in [4.69, 9.17) is 10.5 Å². The van der Waals surface area contributed by atoms with Gasteiger partial charge in [-0.15, -0.1) is 0 Å². The van der Waals surface area contributed by atoms with E-state index in [0.29, 0.717) is 18.0 Å². The van der Waals surface area contributed by atoms with Crippen molar-refractivity contribution in [1.29, 1.82) is 0 Å². The summed E-state index contributed by atoms with van der Waals surface area (Å²) < 4.78 is 19.3. The molecule has 0 aliphatic rings. The minimum atomic E-state index is -0.285. The van der Waals surface area contributed by atoms with E-state index in [2.05, 4.69) is 15.9 Å². The van der Waals surface area contributed by atoms with Crippen LogP contribution in [0.4, 0.5) is 4.39 Å². The number of halogens is 2. The molecule has 88 valence electrons. The number of hydrogen-bond donors (Lipinski definition) is 1. The predicted molar refractivity (Wildman–Crippen MR) is 68.5 cm³/mol. The van der Waals surface area contributed by atoms with Gasteiger partial charge in [-0.05, 0) is 42.5 Å². The van der Waals surface area contributed by atoms with Crippen molar-refractivity contribution in [2.45, 2.75) is 6.54 Å². The van der Waals surface area contributed by atoms with Crippen molar-refractivity contribution in [3.8, 4) is 11.5 Å². The van der Waals surface area contributed by atoms with Crippen LogP contribution < -0.4 is 10.5 Å². The number of rotatable bonds is 3. The van der Waals surface area contributed by atoms with Crippen LogP contribution in [0.2, 0.25) is 0 Å². The summed E-state index contributed by atoms with van der Waals surface area (Å²) in [6, 6.07) is 11.5. The Balaban J connectivity index is 2.26. The fourth-order valence-electron chi connectivity index (χ4n) is 1.44. The Morgan fingerprint density at radius 3 is 2.47 bits per heavy atom. The maximum atomic E-state index is 12.7. The van der Waals surface area contributed by atoms with Crippen molar-refractivity contribution in [3.63, 3.8) is 0 Å². The summed E-state index contributed by atoms with van der Waals surface area (Å²) in [5.74, 6) is 0.984. The fourth-order valence-corrected chi connectivity index (χ4v) is 1.85.